The maximum Gasteiger partial charge on any atom is 0.148 e. The van der Waals surface area contributed by atoms with Gasteiger partial charge in [-0.1, -0.05) is 11.6 Å². The van der Waals surface area contributed by atoms with Gasteiger partial charge in [0.05, 0.1) is 5.69 Å². The van der Waals surface area contributed by atoms with E-state index >= 15 is 0 Å². The minimum Gasteiger partial charge on any atom is -0.396 e. The van der Waals surface area contributed by atoms with Gasteiger partial charge >= 0.3 is 0 Å². The monoisotopic (exact) mass is 251 g/mol. The van der Waals surface area contributed by atoms with Crippen LogP contribution in [0.3, 0.4) is 0 Å². The largest absolute Gasteiger partial charge is 0.396 e. The normalized spacial score (nSPS) is 10.3. The van der Waals surface area contributed by atoms with Crippen LogP contribution in [0.5, 0.6) is 0 Å². The van der Waals surface area contributed by atoms with Crippen molar-refractivity contribution in [3.63, 3.8) is 0 Å². The molecule has 0 radical (unpaired) electrons. The number of anilines is 3. The van der Waals surface area contributed by atoms with Crippen LogP contribution in [0.25, 0.3) is 0 Å². The molecular formula is C12H11ClFN3. The van der Waals surface area contributed by atoms with Crippen molar-refractivity contribution in [3.8, 4) is 0 Å². The van der Waals surface area contributed by atoms with Crippen molar-refractivity contribution in [2.75, 3.05) is 17.7 Å². The molecule has 2 N–H and O–H groups in total. The molecule has 1 aromatic carbocycles. The van der Waals surface area contributed by atoms with Crippen LogP contribution in [0, 0.1) is 5.82 Å². The lowest BCUT2D eigenvalue weighted by molar-refractivity contribution is 0.632. The Morgan fingerprint density at radius 3 is 2.59 bits per heavy atom. The summed E-state index contributed by atoms with van der Waals surface area (Å²) in [5, 5.41) is 0.394. The summed E-state index contributed by atoms with van der Waals surface area (Å²) in [6.45, 7) is 0. The Morgan fingerprint density at radius 1 is 1.24 bits per heavy atom. The summed E-state index contributed by atoms with van der Waals surface area (Å²) in [5.74, 6) is -0.436. The van der Waals surface area contributed by atoms with Crippen molar-refractivity contribution < 1.29 is 4.39 Å². The van der Waals surface area contributed by atoms with Gasteiger partial charge in [0.15, 0.2) is 0 Å². The van der Waals surface area contributed by atoms with Crippen molar-refractivity contribution in [1.29, 1.82) is 0 Å². The highest BCUT2D eigenvalue weighted by molar-refractivity contribution is 6.29. The lowest BCUT2D eigenvalue weighted by atomic mass is 10.2. The Hall–Kier alpha value is -1.81. The van der Waals surface area contributed by atoms with E-state index in [9.17, 15) is 4.39 Å². The van der Waals surface area contributed by atoms with Gasteiger partial charge in [0.2, 0.25) is 0 Å². The highest BCUT2D eigenvalue weighted by atomic mass is 35.5. The van der Waals surface area contributed by atoms with Gasteiger partial charge in [0.1, 0.15) is 11.0 Å². The molecule has 0 aliphatic carbocycles. The molecule has 0 amide bonds. The van der Waals surface area contributed by atoms with Gasteiger partial charge in [-0.2, -0.15) is 0 Å². The first kappa shape index (κ1) is 11.7. The number of nitrogens with zero attached hydrogens (tertiary/aromatic N) is 2. The average Bonchev–Trinajstić information content (AvgIpc) is 2.32. The lowest BCUT2D eigenvalue weighted by Gasteiger charge is -2.19. The summed E-state index contributed by atoms with van der Waals surface area (Å²) < 4.78 is 13.3. The van der Waals surface area contributed by atoms with Crippen molar-refractivity contribution in [3.05, 3.63) is 47.5 Å². The van der Waals surface area contributed by atoms with Crippen LogP contribution in [0.2, 0.25) is 5.15 Å². The number of halogens is 2. The van der Waals surface area contributed by atoms with Crippen LogP contribution in [0.4, 0.5) is 21.5 Å². The quantitative estimate of drug-likeness (QED) is 0.658. The average molecular weight is 252 g/mol. The first-order chi connectivity index (χ1) is 8.08. The Balaban J connectivity index is 2.36. The lowest BCUT2D eigenvalue weighted by Crippen LogP contribution is -2.10. The zero-order valence-corrected chi connectivity index (χ0v) is 9.95. The second kappa shape index (κ2) is 4.59. The topological polar surface area (TPSA) is 42.2 Å². The number of pyridine rings is 1. The number of hydrogen-bond acceptors (Lipinski definition) is 3. The second-order valence-corrected chi connectivity index (χ2v) is 3.99. The number of benzene rings is 1. The van der Waals surface area contributed by atoms with Crippen LogP contribution in [0.15, 0.2) is 36.5 Å². The van der Waals surface area contributed by atoms with Crippen LogP contribution in [-0.4, -0.2) is 12.0 Å². The van der Waals surface area contributed by atoms with Crippen molar-refractivity contribution in [2.24, 2.45) is 0 Å². The van der Waals surface area contributed by atoms with Gasteiger partial charge in [-0.15, -0.1) is 0 Å². The smallest absolute Gasteiger partial charge is 0.148 e. The van der Waals surface area contributed by atoms with E-state index in [4.69, 9.17) is 17.3 Å². The summed E-state index contributed by atoms with van der Waals surface area (Å²) in [6.07, 6.45) is 1.60. The van der Waals surface area contributed by atoms with Gasteiger partial charge in [-0.05, 0) is 30.3 Å². The SMILES string of the molecule is CN(c1ccnc(Cl)c1)c1ccc(N)c(F)c1. The van der Waals surface area contributed by atoms with Crippen LogP contribution >= 0.6 is 11.6 Å². The number of aromatic nitrogens is 1. The molecule has 0 bridgehead atoms. The molecule has 5 heteroatoms. The molecule has 0 spiro atoms. The Bertz CT molecular complexity index is 545. The Morgan fingerprint density at radius 2 is 1.94 bits per heavy atom. The number of hydrogen-bond donors (Lipinski definition) is 1. The molecule has 0 atom stereocenters. The third-order valence-corrected chi connectivity index (χ3v) is 2.68. The second-order valence-electron chi connectivity index (χ2n) is 3.60. The molecule has 0 aliphatic rings. The van der Waals surface area contributed by atoms with Gasteiger partial charge < -0.3 is 10.6 Å². The first-order valence-electron chi connectivity index (χ1n) is 4.98. The highest BCUT2D eigenvalue weighted by Crippen LogP contribution is 2.26. The van der Waals surface area contributed by atoms with Crippen molar-refractivity contribution >= 4 is 28.7 Å². The van der Waals surface area contributed by atoms with E-state index in [-0.39, 0.29) is 5.69 Å². The first-order valence-corrected chi connectivity index (χ1v) is 5.36. The van der Waals surface area contributed by atoms with Crippen LogP contribution < -0.4 is 10.6 Å². The fourth-order valence-electron chi connectivity index (χ4n) is 1.47. The third-order valence-electron chi connectivity index (χ3n) is 2.47. The zero-order chi connectivity index (χ0) is 12.4. The molecule has 2 rings (SSSR count). The predicted octanol–water partition coefficient (Wildman–Crippen LogP) is 3.22. The molecular weight excluding hydrogens is 241 g/mol. The van der Waals surface area contributed by atoms with Crippen molar-refractivity contribution in [2.45, 2.75) is 0 Å². The van der Waals surface area contributed by atoms with E-state index in [1.54, 1.807) is 29.3 Å². The van der Waals surface area contributed by atoms with Crippen LogP contribution in [-0.2, 0) is 0 Å². The maximum absolute atomic E-state index is 13.3. The van der Waals surface area contributed by atoms with E-state index in [1.165, 1.54) is 12.1 Å². The molecule has 1 heterocycles. The molecule has 17 heavy (non-hydrogen) atoms. The standard InChI is InChI=1S/C12H11ClFN3/c1-17(9-4-5-16-12(13)7-9)8-2-3-11(15)10(14)6-8/h2-7H,15H2,1H3. The number of nitrogen functional groups attached to an aromatic ring is 1. The molecule has 3 nitrogen and oxygen atoms in total. The summed E-state index contributed by atoms with van der Waals surface area (Å²) in [7, 11) is 1.82. The molecule has 0 unspecified atom stereocenters. The summed E-state index contributed by atoms with van der Waals surface area (Å²) in [4.78, 5) is 5.69. The Labute approximate surface area is 104 Å². The number of rotatable bonds is 2. The molecule has 0 saturated carbocycles. The van der Waals surface area contributed by atoms with Gasteiger partial charge in [-0.3, -0.25) is 0 Å². The molecule has 1 aromatic heterocycles. The van der Waals surface area contributed by atoms with Gasteiger partial charge in [-0.25, -0.2) is 9.37 Å². The van der Waals surface area contributed by atoms with Gasteiger partial charge in [0.25, 0.3) is 0 Å². The predicted molar refractivity (Wildman–Crippen MR) is 68.1 cm³/mol. The minimum absolute atomic E-state index is 0.134. The van der Waals surface area contributed by atoms with E-state index in [0.29, 0.717) is 10.8 Å². The van der Waals surface area contributed by atoms with E-state index in [0.717, 1.165) is 5.69 Å². The zero-order valence-electron chi connectivity index (χ0n) is 9.19. The fourth-order valence-corrected chi connectivity index (χ4v) is 1.64. The highest BCUT2D eigenvalue weighted by Gasteiger charge is 2.07. The summed E-state index contributed by atoms with van der Waals surface area (Å²) in [5.41, 5.74) is 7.08. The molecule has 2 aromatic rings. The summed E-state index contributed by atoms with van der Waals surface area (Å²) >= 11 is 5.80. The summed E-state index contributed by atoms with van der Waals surface area (Å²) in [6, 6.07) is 8.15. The maximum atomic E-state index is 13.3. The molecule has 0 saturated heterocycles. The van der Waals surface area contributed by atoms with Crippen molar-refractivity contribution in [1.82, 2.24) is 4.98 Å². The molecule has 0 aliphatic heterocycles. The Kier molecular flexibility index (Phi) is 3.15. The van der Waals surface area contributed by atoms with Crippen LogP contribution in [0.1, 0.15) is 0 Å². The number of nitrogens with two attached hydrogens (primary N) is 1. The van der Waals surface area contributed by atoms with Gasteiger partial charge in [0, 0.05) is 24.6 Å². The van der Waals surface area contributed by atoms with E-state index in [2.05, 4.69) is 4.98 Å². The van der Waals surface area contributed by atoms with E-state index < -0.39 is 5.82 Å². The third kappa shape index (κ3) is 2.47. The fraction of sp³-hybridized carbons (Fsp3) is 0.0833. The molecule has 0 fully saturated rings. The van der Waals surface area contributed by atoms with E-state index in [1.807, 2.05) is 7.05 Å². The minimum atomic E-state index is -0.436. The molecule has 88 valence electrons.